The van der Waals surface area contributed by atoms with Crippen molar-refractivity contribution < 1.29 is 19.5 Å². The summed E-state index contributed by atoms with van der Waals surface area (Å²) in [6, 6.07) is -1.72. The van der Waals surface area contributed by atoms with Crippen LogP contribution in [0, 0.1) is 0 Å². The van der Waals surface area contributed by atoms with Crippen LogP contribution in [0.25, 0.3) is 0 Å². The van der Waals surface area contributed by atoms with E-state index in [0.29, 0.717) is 0 Å². The normalized spacial score (nSPS) is 14.1. The molecule has 0 saturated heterocycles. The van der Waals surface area contributed by atoms with Crippen LogP contribution in [0.3, 0.4) is 0 Å². The Balaban J connectivity index is 3.74. The third-order valence-electron chi connectivity index (χ3n) is 1.55. The third-order valence-corrected chi connectivity index (χ3v) is 1.55. The zero-order valence-corrected chi connectivity index (χ0v) is 7.82. The summed E-state index contributed by atoms with van der Waals surface area (Å²) in [4.78, 5) is 31.3. The van der Waals surface area contributed by atoms with Gasteiger partial charge in [0.15, 0.2) is 0 Å². The first-order valence-corrected chi connectivity index (χ1v) is 4.12. The number of nitrogens with one attached hydrogen (secondary N) is 1. The number of carboxylic acid groups (broad SMARTS) is 1. The van der Waals surface area contributed by atoms with Crippen LogP contribution in [-0.4, -0.2) is 35.4 Å². The van der Waals surface area contributed by atoms with E-state index in [1.807, 2.05) is 0 Å². The second-order valence-corrected chi connectivity index (χ2v) is 2.89. The van der Waals surface area contributed by atoms with Gasteiger partial charge in [0.2, 0.25) is 12.2 Å². The minimum Gasteiger partial charge on any atom is -0.480 e. The topological polar surface area (TPSA) is 109 Å². The van der Waals surface area contributed by atoms with E-state index < -0.39 is 24.0 Å². The minimum atomic E-state index is -1.15. The van der Waals surface area contributed by atoms with Crippen molar-refractivity contribution in [2.75, 3.05) is 0 Å². The Bertz CT molecular complexity index is 229. The van der Waals surface area contributed by atoms with Gasteiger partial charge in [0, 0.05) is 6.42 Å². The smallest absolute Gasteiger partial charge is 0.320 e. The van der Waals surface area contributed by atoms with Gasteiger partial charge in [-0.2, -0.15) is 0 Å². The molecule has 0 rings (SSSR count). The fraction of sp³-hybridized carbons (Fsp3) is 0.625. The molecule has 0 aromatic heterocycles. The Labute approximate surface area is 81.5 Å². The molecule has 0 aliphatic carbocycles. The monoisotopic (exact) mass is 201 g/mol. The second-order valence-electron chi connectivity index (χ2n) is 2.89. The van der Waals surface area contributed by atoms with E-state index in [2.05, 4.69) is 5.32 Å². The molecule has 6 heteroatoms. The highest BCUT2D eigenvalue weighted by Crippen LogP contribution is 1.95. The Kier molecular flexibility index (Phi) is 5.47. The lowest BCUT2D eigenvalue weighted by molar-refractivity contribution is -0.138. The van der Waals surface area contributed by atoms with Crippen LogP contribution in [0.1, 0.15) is 19.8 Å². The van der Waals surface area contributed by atoms with Gasteiger partial charge in [0.25, 0.3) is 0 Å². The predicted molar refractivity (Wildman–Crippen MR) is 48.1 cm³/mol. The molecule has 14 heavy (non-hydrogen) atoms. The van der Waals surface area contributed by atoms with Crippen molar-refractivity contribution in [3.8, 4) is 0 Å². The quantitative estimate of drug-likeness (QED) is 0.499. The highest BCUT2D eigenvalue weighted by molar-refractivity contribution is 5.80. The van der Waals surface area contributed by atoms with E-state index in [-0.39, 0.29) is 12.8 Å². The van der Waals surface area contributed by atoms with Gasteiger partial charge < -0.3 is 16.2 Å². The van der Waals surface area contributed by atoms with Crippen LogP contribution < -0.4 is 11.1 Å². The second kappa shape index (κ2) is 6.09. The van der Waals surface area contributed by atoms with Gasteiger partial charge in [-0.3, -0.25) is 14.4 Å². The van der Waals surface area contributed by atoms with E-state index in [4.69, 9.17) is 10.8 Å². The highest BCUT2D eigenvalue weighted by atomic mass is 16.4. The Morgan fingerprint density at radius 1 is 1.57 bits per heavy atom. The van der Waals surface area contributed by atoms with Crippen molar-refractivity contribution in [2.24, 2.45) is 5.73 Å². The van der Waals surface area contributed by atoms with Crippen molar-refractivity contribution >= 4 is 18.2 Å². The summed E-state index contributed by atoms with van der Waals surface area (Å²) >= 11 is 0. The van der Waals surface area contributed by atoms with Crippen LogP contribution in [0.5, 0.6) is 0 Å². The number of hydrogen-bond donors (Lipinski definition) is 3. The molecule has 0 aromatic rings. The largest absolute Gasteiger partial charge is 0.480 e. The van der Waals surface area contributed by atoms with Crippen molar-refractivity contribution in [2.45, 2.75) is 31.8 Å². The molecule has 0 aromatic carbocycles. The van der Waals surface area contributed by atoms with Crippen LogP contribution in [0.4, 0.5) is 0 Å². The highest BCUT2D eigenvalue weighted by Gasteiger charge is 2.14. The molecule has 0 bridgehead atoms. The number of carboxylic acids is 1. The molecule has 0 heterocycles. The van der Waals surface area contributed by atoms with Crippen molar-refractivity contribution in [1.29, 1.82) is 0 Å². The Morgan fingerprint density at radius 3 is 2.57 bits per heavy atom. The first-order valence-electron chi connectivity index (χ1n) is 4.12. The number of rotatable bonds is 6. The lowest BCUT2D eigenvalue weighted by atomic mass is 10.1. The van der Waals surface area contributed by atoms with Crippen LogP contribution in [-0.2, 0) is 14.4 Å². The maximum Gasteiger partial charge on any atom is 0.320 e. The van der Waals surface area contributed by atoms with E-state index in [0.717, 1.165) is 0 Å². The maximum absolute atomic E-state index is 11.0. The average molecular weight is 201 g/mol. The van der Waals surface area contributed by atoms with Gasteiger partial charge in [0.05, 0.1) is 6.04 Å². The average Bonchev–Trinajstić information content (AvgIpc) is 2.13. The maximum atomic E-state index is 11.0. The summed E-state index contributed by atoms with van der Waals surface area (Å²) in [6.45, 7) is 1.47. The van der Waals surface area contributed by atoms with Crippen molar-refractivity contribution in [1.82, 2.24) is 5.32 Å². The Morgan fingerprint density at radius 2 is 2.14 bits per heavy atom. The number of nitrogens with two attached hydrogens (primary N) is 1. The molecule has 0 saturated carbocycles. The molecule has 2 unspecified atom stereocenters. The van der Waals surface area contributed by atoms with E-state index in [1.165, 1.54) is 6.92 Å². The minimum absolute atomic E-state index is 0.0144. The fourth-order valence-electron chi connectivity index (χ4n) is 0.753. The van der Waals surface area contributed by atoms with Gasteiger partial charge in [-0.05, 0) is 13.3 Å². The molecular weight excluding hydrogens is 188 g/mol. The molecule has 0 aliphatic heterocycles. The molecule has 4 N–H and O–H groups in total. The third kappa shape index (κ3) is 5.26. The van der Waals surface area contributed by atoms with Gasteiger partial charge in [-0.1, -0.05) is 0 Å². The van der Waals surface area contributed by atoms with Crippen LogP contribution >= 0.6 is 0 Å². The molecule has 79 valence electrons. The zero-order valence-electron chi connectivity index (χ0n) is 7.82. The molecule has 0 fully saturated rings. The molecule has 0 aliphatic rings. The molecular formula is C8H13N2O4. The Hall–Kier alpha value is -1.43. The summed E-state index contributed by atoms with van der Waals surface area (Å²) < 4.78 is 0. The predicted octanol–water partition coefficient (Wildman–Crippen LogP) is -1.21. The van der Waals surface area contributed by atoms with E-state index in [9.17, 15) is 14.4 Å². The van der Waals surface area contributed by atoms with Gasteiger partial charge in [0.1, 0.15) is 6.04 Å². The number of amides is 1. The fourth-order valence-corrected chi connectivity index (χ4v) is 0.753. The van der Waals surface area contributed by atoms with Gasteiger partial charge in [-0.25, -0.2) is 0 Å². The molecule has 6 nitrogen and oxygen atoms in total. The summed E-state index contributed by atoms with van der Waals surface area (Å²) in [5.41, 5.74) is 5.17. The van der Waals surface area contributed by atoms with E-state index >= 15 is 0 Å². The summed E-state index contributed by atoms with van der Waals surface area (Å²) in [5.74, 6) is -1.55. The molecule has 2 atom stereocenters. The lowest BCUT2D eigenvalue weighted by Gasteiger charge is -2.08. The first kappa shape index (κ1) is 12.6. The number of carbonyl (C=O) groups is 2. The van der Waals surface area contributed by atoms with E-state index in [1.54, 1.807) is 6.29 Å². The summed E-state index contributed by atoms with van der Waals surface area (Å²) in [5, 5.41) is 10.7. The van der Waals surface area contributed by atoms with Gasteiger partial charge >= 0.3 is 5.97 Å². The number of carbonyl (C=O) groups excluding carboxylic acids is 2. The summed E-state index contributed by atoms with van der Waals surface area (Å²) in [6.07, 6.45) is 1.61. The first-order chi connectivity index (χ1) is 6.47. The van der Waals surface area contributed by atoms with Crippen molar-refractivity contribution in [3.05, 3.63) is 0 Å². The lowest BCUT2D eigenvalue weighted by Crippen LogP contribution is -2.36. The number of aliphatic carboxylic acids is 1. The van der Waals surface area contributed by atoms with Crippen molar-refractivity contribution in [3.63, 3.8) is 0 Å². The van der Waals surface area contributed by atoms with Crippen LogP contribution in [0.2, 0.25) is 0 Å². The van der Waals surface area contributed by atoms with Crippen LogP contribution in [0.15, 0.2) is 0 Å². The molecule has 1 radical (unpaired) electrons. The molecule has 0 spiro atoms. The SMILES string of the molecule is CC([C]=O)NC(=O)CCC(N)C(=O)O. The standard InChI is InChI=1S/C8H13N2O4/c1-5(4-11)10-7(12)3-2-6(9)8(13)14/h5-6H,2-3,9H2,1H3,(H,10,12)(H,13,14). The zero-order chi connectivity index (χ0) is 11.1. The van der Waals surface area contributed by atoms with Gasteiger partial charge in [-0.15, -0.1) is 0 Å². The summed E-state index contributed by atoms with van der Waals surface area (Å²) in [7, 11) is 0. The molecule has 1 amide bonds. The number of hydrogen-bond acceptors (Lipinski definition) is 4.